The molecule has 0 aromatic carbocycles. The summed E-state index contributed by atoms with van der Waals surface area (Å²) in [5.41, 5.74) is 0. The molecular formula is C50H84NO9P. The van der Waals surface area contributed by atoms with Crippen LogP contribution in [0.25, 0.3) is 0 Å². The molecule has 0 radical (unpaired) electrons. The van der Waals surface area contributed by atoms with Gasteiger partial charge in [-0.3, -0.25) is 14.2 Å². The number of esters is 2. The van der Waals surface area contributed by atoms with Crippen molar-refractivity contribution >= 4 is 19.8 Å². The van der Waals surface area contributed by atoms with E-state index in [1.807, 2.05) is 57.6 Å². The number of phosphoric acid groups is 1. The van der Waals surface area contributed by atoms with E-state index in [1.54, 1.807) is 6.08 Å². The topological polar surface area (TPSA) is 131 Å². The average Bonchev–Trinajstić information content (AvgIpc) is 3.21. The highest BCUT2D eigenvalue weighted by molar-refractivity contribution is 7.45. The number of unbranched alkanes of at least 4 members (excludes halogenated alkanes) is 10. The van der Waals surface area contributed by atoms with Crippen LogP contribution in [0.3, 0.4) is 0 Å². The Kier molecular flexibility index (Phi) is 38.8. The largest absolute Gasteiger partial charge is 0.756 e. The van der Waals surface area contributed by atoms with E-state index in [9.17, 15) is 24.2 Å². The van der Waals surface area contributed by atoms with Crippen LogP contribution in [-0.2, 0) is 32.7 Å². The highest BCUT2D eigenvalue weighted by Gasteiger charge is 2.21. The van der Waals surface area contributed by atoms with E-state index >= 15 is 0 Å². The summed E-state index contributed by atoms with van der Waals surface area (Å²) >= 11 is 0. The van der Waals surface area contributed by atoms with Crippen LogP contribution in [0, 0.1) is 0 Å². The fourth-order valence-corrected chi connectivity index (χ4v) is 6.21. The Bertz CT molecular complexity index is 1370. The van der Waals surface area contributed by atoms with E-state index in [4.69, 9.17) is 18.5 Å². The molecule has 1 N–H and O–H groups in total. The number of ether oxygens (including phenoxy) is 2. The summed E-state index contributed by atoms with van der Waals surface area (Å²) in [6.07, 6.45) is 50.4. The molecule has 0 fully saturated rings. The van der Waals surface area contributed by atoms with E-state index in [2.05, 4.69) is 68.5 Å². The summed E-state index contributed by atoms with van der Waals surface area (Å²) in [4.78, 5) is 37.6. The summed E-state index contributed by atoms with van der Waals surface area (Å²) in [5, 5.41) is 10.0. The summed E-state index contributed by atoms with van der Waals surface area (Å²) in [6, 6.07) is 0. The molecule has 0 aromatic rings. The van der Waals surface area contributed by atoms with Gasteiger partial charge in [0, 0.05) is 12.8 Å². The highest BCUT2D eigenvalue weighted by Crippen LogP contribution is 2.38. The molecule has 0 aromatic heterocycles. The minimum atomic E-state index is -4.67. The van der Waals surface area contributed by atoms with Crippen LogP contribution in [0.1, 0.15) is 149 Å². The molecule has 0 saturated carbocycles. The number of carbonyl (C=O) groups excluding carboxylic acids is 2. The first-order valence-corrected chi connectivity index (χ1v) is 24.5. The molecule has 0 bridgehead atoms. The van der Waals surface area contributed by atoms with Crippen LogP contribution in [0.2, 0.25) is 0 Å². The minimum absolute atomic E-state index is 0.0615. The van der Waals surface area contributed by atoms with Crippen molar-refractivity contribution < 1.29 is 47.2 Å². The van der Waals surface area contributed by atoms with Crippen molar-refractivity contribution in [1.82, 2.24) is 0 Å². The normalized spacial score (nSPS) is 14.9. The van der Waals surface area contributed by atoms with Gasteiger partial charge >= 0.3 is 11.9 Å². The lowest BCUT2D eigenvalue weighted by Crippen LogP contribution is -2.37. The van der Waals surface area contributed by atoms with E-state index in [-0.39, 0.29) is 26.1 Å². The maximum Gasteiger partial charge on any atom is 0.306 e. The number of aliphatic hydroxyl groups excluding tert-OH is 1. The van der Waals surface area contributed by atoms with E-state index in [0.29, 0.717) is 36.7 Å². The quantitative estimate of drug-likeness (QED) is 0.0160. The number of phosphoric ester groups is 1. The number of nitrogens with zero attached hydrogens (tertiary/aromatic N) is 1. The zero-order valence-electron chi connectivity index (χ0n) is 38.7. The third-order valence-corrected chi connectivity index (χ3v) is 10.1. The van der Waals surface area contributed by atoms with Crippen LogP contribution in [0.15, 0.2) is 97.2 Å². The van der Waals surface area contributed by atoms with Crippen LogP contribution >= 0.6 is 7.82 Å². The highest BCUT2D eigenvalue weighted by atomic mass is 31.2. The zero-order valence-corrected chi connectivity index (χ0v) is 39.6. The fraction of sp³-hybridized carbons (Fsp3) is 0.640. The molecule has 0 aliphatic carbocycles. The second kappa shape index (κ2) is 40.9. The fourth-order valence-electron chi connectivity index (χ4n) is 5.48. The van der Waals surface area contributed by atoms with Gasteiger partial charge in [-0.1, -0.05) is 143 Å². The van der Waals surface area contributed by atoms with Crippen LogP contribution in [0.4, 0.5) is 0 Å². The van der Waals surface area contributed by atoms with Gasteiger partial charge in [0.2, 0.25) is 0 Å². The number of quaternary nitrogens is 1. The van der Waals surface area contributed by atoms with E-state index in [1.165, 1.54) is 44.9 Å². The smallest absolute Gasteiger partial charge is 0.306 e. The van der Waals surface area contributed by atoms with E-state index in [0.717, 1.165) is 51.4 Å². The first-order chi connectivity index (χ1) is 29.4. The monoisotopic (exact) mass is 874 g/mol. The van der Waals surface area contributed by atoms with Gasteiger partial charge in [-0.15, -0.1) is 0 Å². The van der Waals surface area contributed by atoms with Crippen molar-refractivity contribution in [3.63, 3.8) is 0 Å². The standard InChI is InChI=1S/C50H84NO9P/c1-6-8-10-12-14-15-16-17-18-19-20-21-22-23-24-25-30-34-38-42-50(54)60-48(46-59-61(55,56)58-44-43-51(3,4)5)45-57-49(53)41-37-33-29-27-26-28-32-36-40-47(52)39-35-31-13-11-9-7-2/h14-15,17-18,20-21,23-24,27-29,31-32,35-36,40,47-48,52H,6-13,16,19,22,25-26,30,33-34,37-39,41-46H2,1-5H3/b15-14-,18-17-,21-20-,24-23-,29-27-,32-28-,35-31-,40-36+/t47-,48-/m1/s1. The van der Waals surface area contributed by atoms with Gasteiger partial charge in [0.05, 0.1) is 33.9 Å². The molecule has 0 spiro atoms. The molecule has 11 heteroatoms. The number of likely N-dealkylation sites (N-methyl/N-ethyl adjacent to an activating group) is 1. The number of allylic oxidation sites excluding steroid dienone is 14. The first-order valence-electron chi connectivity index (χ1n) is 23.1. The lowest BCUT2D eigenvalue weighted by Gasteiger charge is -2.28. The van der Waals surface area contributed by atoms with Gasteiger partial charge < -0.3 is 33.0 Å². The Labute approximate surface area is 371 Å². The number of aliphatic hydroxyl groups is 1. The van der Waals surface area contributed by atoms with Crippen molar-refractivity contribution in [3.05, 3.63) is 97.2 Å². The maximum atomic E-state index is 12.7. The van der Waals surface area contributed by atoms with Gasteiger partial charge in [0.25, 0.3) is 7.82 Å². The van der Waals surface area contributed by atoms with Crippen LogP contribution < -0.4 is 4.89 Å². The predicted molar refractivity (Wildman–Crippen MR) is 251 cm³/mol. The lowest BCUT2D eigenvalue weighted by atomic mass is 10.1. The predicted octanol–water partition coefficient (Wildman–Crippen LogP) is 11.7. The lowest BCUT2D eigenvalue weighted by molar-refractivity contribution is -0.870. The number of hydrogen-bond acceptors (Lipinski definition) is 9. The SMILES string of the molecule is CCCCC/C=C\C/C=C\C/C=C\C/C=C\CCCCCC(=O)O[C@H](COC(=O)CCC/C=C\C/C=C\C=C\[C@H](O)C/C=C\CCCCC)COP(=O)([O-])OCC[N+](C)(C)C. The van der Waals surface area contributed by atoms with E-state index < -0.39 is 38.6 Å². The summed E-state index contributed by atoms with van der Waals surface area (Å²) in [6.45, 7) is 3.95. The molecule has 0 saturated heterocycles. The van der Waals surface area contributed by atoms with Crippen LogP contribution in [-0.4, -0.2) is 81.2 Å². The van der Waals surface area contributed by atoms with Gasteiger partial charge in [-0.05, 0) is 89.9 Å². The Morgan fingerprint density at radius 3 is 1.69 bits per heavy atom. The van der Waals surface area contributed by atoms with Crippen molar-refractivity contribution in [2.75, 3.05) is 47.5 Å². The van der Waals surface area contributed by atoms with Crippen molar-refractivity contribution in [2.45, 2.75) is 161 Å². The Morgan fingerprint density at radius 1 is 0.607 bits per heavy atom. The van der Waals surface area contributed by atoms with Crippen molar-refractivity contribution in [1.29, 1.82) is 0 Å². The Hall–Kier alpha value is -3.11. The molecule has 0 heterocycles. The Morgan fingerprint density at radius 2 is 1.11 bits per heavy atom. The zero-order chi connectivity index (χ0) is 45.1. The molecule has 10 nitrogen and oxygen atoms in total. The molecule has 1 unspecified atom stereocenters. The van der Waals surface area contributed by atoms with Gasteiger partial charge in [0.15, 0.2) is 6.10 Å². The van der Waals surface area contributed by atoms with Gasteiger partial charge in [-0.2, -0.15) is 0 Å². The third kappa shape index (κ3) is 44.7. The number of rotatable bonds is 40. The molecule has 0 rings (SSSR count). The van der Waals surface area contributed by atoms with Crippen LogP contribution in [0.5, 0.6) is 0 Å². The average molecular weight is 874 g/mol. The maximum absolute atomic E-state index is 12.7. The van der Waals surface area contributed by atoms with Crippen molar-refractivity contribution in [3.8, 4) is 0 Å². The summed E-state index contributed by atoms with van der Waals surface area (Å²) in [5.74, 6) is -0.986. The number of carbonyl (C=O) groups is 2. The number of hydrogen-bond donors (Lipinski definition) is 1. The first kappa shape index (κ1) is 57.9. The molecule has 0 amide bonds. The molecule has 61 heavy (non-hydrogen) atoms. The molecular weight excluding hydrogens is 790 g/mol. The third-order valence-electron chi connectivity index (χ3n) is 9.16. The van der Waals surface area contributed by atoms with Gasteiger partial charge in [-0.25, -0.2) is 0 Å². The molecule has 0 aliphatic rings. The second-order valence-corrected chi connectivity index (χ2v) is 17.7. The summed E-state index contributed by atoms with van der Waals surface area (Å²) in [7, 11) is 1.06. The molecule has 3 atom stereocenters. The molecule has 0 aliphatic heterocycles. The Balaban J connectivity index is 4.57. The summed E-state index contributed by atoms with van der Waals surface area (Å²) < 4.78 is 33.8. The minimum Gasteiger partial charge on any atom is -0.756 e. The molecule has 348 valence electrons. The van der Waals surface area contributed by atoms with Crippen molar-refractivity contribution in [2.24, 2.45) is 0 Å². The second-order valence-electron chi connectivity index (χ2n) is 16.3. The van der Waals surface area contributed by atoms with Gasteiger partial charge in [0.1, 0.15) is 19.8 Å².